The van der Waals surface area contributed by atoms with Gasteiger partial charge in [0.25, 0.3) is 11.8 Å². The number of nitrogens with zero attached hydrogens (tertiary/aromatic N) is 2. The zero-order chi connectivity index (χ0) is 23.2. The van der Waals surface area contributed by atoms with Gasteiger partial charge in [-0.25, -0.2) is 0 Å². The highest BCUT2D eigenvalue weighted by Crippen LogP contribution is 2.19. The van der Waals surface area contributed by atoms with E-state index in [9.17, 15) is 9.59 Å². The Kier molecular flexibility index (Phi) is 7.15. The predicted octanol–water partition coefficient (Wildman–Crippen LogP) is 4.53. The maximum atomic E-state index is 13.0. The van der Waals surface area contributed by atoms with E-state index < -0.39 is 0 Å². The Morgan fingerprint density at radius 2 is 1.42 bits per heavy atom. The van der Waals surface area contributed by atoms with Crippen molar-refractivity contribution in [1.29, 1.82) is 0 Å². The number of methoxy groups -OCH3 is 1. The monoisotopic (exact) mass is 464 g/mol. The Balaban J connectivity index is 1.33. The molecule has 3 aromatic carbocycles. The van der Waals surface area contributed by atoms with Gasteiger partial charge in [-0.15, -0.1) is 0 Å². The Labute approximate surface area is 198 Å². The molecule has 6 nitrogen and oxygen atoms in total. The number of piperazine rings is 1. The number of amides is 2. The quantitative estimate of drug-likeness (QED) is 0.538. The summed E-state index contributed by atoms with van der Waals surface area (Å²) in [5.41, 5.74) is 2.13. The Morgan fingerprint density at radius 3 is 2.06 bits per heavy atom. The van der Waals surface area contributed by atoms with Gasteiger partial charge in [-0.05, 0) is 60.2 Å². The fraction of sp³-hybridized carbons (Fsp3) is 0.231. The van der Waals surface area contributed by atoms with Gasteiger partial charge < -0.3 is 19.3 Å². The molecule has 170 valence electrons. The van der Waals surface area contributed by atoms with E-state index in [2.05, 4.69) is 0 Å². The molecular formula is C26H25ClN2O4. The van der Waals surface area contributed by atoms with Crippen LogP contribution in [0.2, 0.25) is 5.02 Å². The number of hydrogen-bond donors (Lipinski definition) is 0. The van der Waals surface area contributed by atoms with Gasteiger partial charge in [0.15, 0.2) is 0 Å². The summed E-state index contributed by atoms with van der Waals surface area (Å²) in [5.74, 6) is 1.22. The second-order valence-electron chi connectivity index (χ2n) is 7.76. The number of carbonyl (C=O) groups is 2. The maximum Gasteiger partial charge on any atom is 0.254 e. The van der Waals surface area contributed by atoms with Gasteiger partial charge in [0, 0.05) is 42.3 Å². The second kappa shape index (κ2) is 10.4. The summed E-state index contributed by atoms with van der Waals surface area (Å²) in [6.07, 6.45) is 0. The van der Waals surface area contributed by atoms with Crippen molar-refractivity contribution in [2.24, 2.45) is 0 Å². The molecule has 1 saturated heterocycles. The molecule has 0 aliphatic carbocycles. The lowest BCUT2D eigenvalue weighted by Crippen LogP contribution is -2.50. The first-order chi connectivity index (χ1) is 16.0. The minimum Gasteiger partial charge on any atom is -0.497 e. The van der Waals surface area contributed by atoms with Gasteiger partial charge in [0.05, 0.1) is 7.11 Å². The Hall–Kier alpha value is -3.51. The van der Waals surface area contributed by atoms with Crippen molar-refractivity contribution in [2.45, 2.75) is 6.61 Å². The molecule has 0 N–H and O–H groups in total. The summed E-state index contributed by atoms with van der Waals surface area (Å²) in [5, 5.41) is 0.657. The molecule has 0 radical (unpaired) electrons. The standard InChI is InChI=1S/C26H25ClN2O4/c1-32-23-10-8-20(9-11-23)25(30)28-12-14-29(15-13-28)26(31)21-5-3-7-24(17-21)33-18-19-4-2-6-22(27)16-19/h2-11,16-17H,12-15,18H2,1H3. The van der Waals surface area contributed by atoms with Crippen LogP contribution in [0.15, 0.2) is 72.8 Å². The van der Waals surface area contributed by atoms with E-state index in [0.717, 1.165) is 5.56 Å². The first-order valence-electron chi connectivity index (χ1n) is 10.7. The molecule has 0 spiro atoms. The Bertz CT molecular complexity index is 1130. The van der Waals surface area contributed by atoms with Crippen molar-refractivity contribution in [3.8, 4) is 11.5 Å². The molecule has 2 amide bonds. The third-order valence-electron chi connectivity index (χ3n) is 5.57. The minimum absolute atomic E-state index is 0.0406. The fourth-order valence-corrected chi connectivity index (χ4v) is 3.94. The molecule has 1 aliphatic heterocycles. The molecule has 3 aromatic rings. The van der Waals surface area contributed by atoms with E-state index in [-0.39, 0.29) is 11.8 Å². The van der Waals surface area contributed by atoms with Crippen LogP contribution in [-0.2, 0) is 6.61 Å². The maximum absolute atomic E-state index is 13.0. The molecule has 0 aromatic heterocycles. The molecule has 4 rings (SSSR count). The highest BCUT2D eigenvalue weighted by atomic mass is 35.5. The van der Waals surface area contributed by atoms with Gasteiger partial charge in [0.1, 0.15) is 18.1 Å². The second-order valence-corrected chi connectivity index (χ2v) is 8.20. The number of halogens is 1. The van der Waals surface area contributed by atoms with E-state index in [0.29, 0.717) is 60.4 Å². The molecule has 0 unspecified atom stereocenters. The zero-order valence-electron chi connectivity index (χ0n) is 18.4. The summed E-state index contributed by atoms with van der Waals surface area (Å²) in [7, 11) is 1.59. The predicted molar refractivity (Wildman–Crippen MR) is 127 cm³/mol. The van der Waals surface area contributed by atoms with E-state index in [4.69, 9.17) is 21.1 Å². The van der Waals surface area contributed by atoms with Gasteiger partial charge in [0.2, 0.25) is 0 Å². The van der Waals surface area contributed by atoms with Crippen LogP contribution in [0.5, 0.6) is 11.5 Å². The minimum atomic E-state index is -0.0697. The molecule has 0 atom stereocenters. The summed E-state index contributed by atoms with van der Waals surface area (Å²) >= 11 is 6.02. The van der Waals surface area contributed by atoms with Crippen LogP contribution in [0.3, 0.4) is 0 Å². The molecule has 0 bridgehead atoms. The van der Waals surface area contributed by atoms with E-state index in [1.165, 1.54) is 0 Å². The van der Waals surface area contributed by atoms with Crippen molar-refractivity contribution in [2.75, 3.05) is 33.3 Å². The smallest absolute Gasteiger partial charge is 0.254 e. The van der Waals surface area contributed by atoms with Crippen LogP contribution in [0.1, 0.15) is 26.3 Å². The molecule has 7 heteroatoms. The average molecular weight is 465 g/mol. The van der Waals surface area contributed by atoms with Crippen molar-refractivity contribution < 1.29 is 19.1 Å². The summed E-state index contributed by atoms with van der Waals surface area (Å²) in [6.45, 7) is 2.30. The number of benzene rings is 3. The van der Waals surface area contributed by atoms with Crippen molar-refractivity contribution in [3.63, 3.8) is 0 Å². The van der Waals surface area contributed by atoms with Crippen molar-refractivity contribution >= 4 is 23.4 Å². The summed E-state index contributed by atoms with van der Waals surface area (Å²) in [6, 6.07) is 21.7. The summed E-state index contributed by atoms with van der Waals surface area (Å²) < 4.78 is 11.0. The molecule has 1 fully saturated rings. The van der Waals surface area contributed by atoms with Crippen LogP contribution in [0.4, 0.5) is 0 Å². The number of hydrogen-bond acceptors (Lipinski definition) is 4. The van der Waals surface area contributed by atoms with Crippen LogP contribution in [0.25, 0.3) is 0 Å². The first kappa shape index (κ1) is 22.7. The van der Waals surface area contributed by atoms with Crippen LogP contribution >= 0.6 is 11.6 Å². The molecule has 1 heterocycles. The number of ether oxygens (including phenoxy) is 2. The third-order valence-corrected chi connectivity index (χ3v) is 5.80. The zero-order valence-corrected chi connectivity index (χ0v) is 19.1. The van der Waals surface area contributed by atoms with E-state index >= 15 is 0 Å². The fourth-order valence-electron chi connectivity index (χ4n) is 3.72. The number of rotatable bonds is 6. The van der Waals surface area contributed by atoms with E-state index in [1.54, 1.807) is 53.3 Å². The largest absolute Gasteiger partial charge is 0.497 e. The molecular weight excluding hydrogens is 440 g/mol. The topological polar surface area (TPSA) is 59.1 Å². The third kappa shape index (κ3) is 5.65. The highest BCUT2D eigenvalue weighted by molar-refractivity contribution is 6.30. The normalized spacial score (nSPS) is 13.5. The number of carbonyl (C=O) groups excluding carboxylic acids is 2. The lowest BCUT2D eigenvalue weighted by atomic mass is 10.1. The summed E-state index contributed by atoms with van der Waals surface area (Å²) in [4.78, 5) is 29.3. The van der Waals surface area contributed by atoms with Crippen LogP contribution in [-0.4, -0.2) is 54.9 Å². The SMILES string of the molecule is COc1ccc(C(=O)N2CCN(C(=O)c3cccc(OCc4cccc(Cl)c4)c3)CC2)cc1. The molecule has 1 aliphatic rings. The lowest BCUT2D eigenvalue weighted by molar-refractivity contribution is 0.0535. The van der Waals surface area contributed by atoms with E-state index in [1.807, 2.05) is 36.4 Å². The highest BCUT2D eigenvalue weighted by Gasteiger charge is 2.25. The van der Waals surface area contributed by atoms with Crippen molar-refractivity contribution in [1.82, 2.24) is 9.80 Å². The van der Waals surface area contributed by atoms with Gasteiger partial charge in [-0.2, -0.15) is 0 Å². The van der Waals surface area contributed by atoms with Crippen molar-refractivity contribution in [3.05, 3.63) is 94.5 Å². The molecule has 0 saturated carbocycles. The average Bonchev–Trinajstić information content (AvgIpc) is 2.87. The van der Waals surface area contributed by atoms with Crippen LogP contribution < -0.4 is 9.47 Å². The van der Waals surface area contributed by atoms with Crippen LogP contribution in [0, 0.1) is 0 Å². The first-order valence-corrected chi connectivity index (χ1v) is 11.1. The Morgan fingerprint density at radius 1 is 0.788 bits per heavy atom. The molecule has 33 heavy (non-hydrogen) atoms. The van der Waals surface area contributed by atoms with Gasteiger partial charge >= 0.3 is 0 Å². The lowest BCUT2D eigenvalue weighted by Gasteiger charge is -2.35. The van der Waals surface area contributed by atoms with Gasteiger partial charge in [-0.3, -0.25) is 9.59 Å². The van der Waals surface area contributed by atoms with Gasteiger partial charge in [-0.1, -0.05) is 29.8 Å².